The van der Waals surface area contributed by atoms with Gasteiger partial charge >= 0.3 is 5.69 Å². The molecule has 92 valence electrons. The van der Waals surface area contributed by atoms with E-state index < -0.39 is 4.92 Å². The highest BCUT2D eigenvalue weighted by Crippen LogP contribution is 2.29. The second-order valence-electron chi connectivity index (χ2n) is 3.80. The summed E-state index contributed by atoms with van der Waals surface area (Å²) in [5, 5.41) is 13.7. The molecule has 1 heterocycles. The van der Waals surface area contributed by atoms with E-state index in [-0.39, 0.29) is 28.9 Å². The van der Waals surface area contributed by atoms with Gasteiger partial charge in [-0.25, -0.2) is 4.98 Å². The Kier molecular flexibility index (Phi) is 3.39. The number of hydrogen-bond acceptors (Lipinski definition) is 6. The van der Waals surface area contributed by atoms with Gasteiger partial charge in [0.25, 0.3) is 0 Å². The van der Waals surface area contributed by atoms with Gasteiger partial charge in [0, 0.05) is 13.2 Å². The van der Waals surface area contributed by atoms with Crippen LogP contribution in [0.2, 0.25) is 5.28 Å². The fourth-order valence-corrected chi connectivity index (χ4v) is 1.80. The predicted molar refractivity (Wildman–Crippen MR) is 61.1 cm³/mol. The summed E-state index contributed by atoms with van der Waals surface area (Å²) in [6.45, 7) is 0. The zero-order chi connectivity index (χ0) is 12.4. The number of methoxy groups -OCH3 is 1. The van der Waals surface area contributed by atoms with Crippen LogP contribution in [0, 0.1) is 10.1 Å². The highest BCUT2D eigenvalue weighted by molar-refractivity contribution is 6.28. The number of nitrogens with zero attached hydrogens (tertiary/aromatic N) is 3. The monoisotopic (exact) mass is 258 g/mol. The highest BCUT2D eigenvalue weighted by atomic mass is 35.5. The molecule has 0 radical (unpaired) electrons. The summed E-state index contributed by atoms with van der Waals surface area (Å²) in [4.78, 5) is 17.6. The molecule has 1 N–H and O–H groups in total. The summed E-state index contributed by atoms with van der Waals surface area (Å²) in [7, 11) is 1.64. The summed E-state index contributed by atoms with van der Waals surface area (Å²) in [6, 6.07) is 0.129. The van der Waals surface area contributed by atoms with Gasteiger partial charge in [0.05, 0.1) is 11.0 Å². The third-order valence-electron chi connectivity index (χ3n) is 2.71. The fraction of sp³-hybridized carbons (Fsp3) is 0.556. The number of hydrogen-bond donors (Lipinski definition) is 1. The molecule has 2 rings (SSSR count). The van der Waals surface area contributed by atoms with Crippen molar-refractivity contribution in [3.63, 3.8) is 0 Å². The molecule has 17 heavy (non-hydrogen) atoms. The van der Waals surface area contributed by atoms with E-state index >= 15 is 0 Å². The van der Waals surface area contributed by atoms with E-state index in [1.807, 2.05) is 0 Å². The van der Waals surface area contributed by atoms with Crippen molar-refractivity contribution in [3.8, 4) is 0 Å². The molecule has 0 aliphatic heterocycles. The van der Waals surface area contributed by atoms with Gasteiger partial charge in [-0.1, -0.05) is 0 Å². The number of anilines is 1. The molecule has 0 saturated heterocycles. The second kappa shape index (κ2) is 4.80. The molecule has 1 aliphatic rings. The third kappa shape index (κ3) is 2.62. The van der Waals surface area contributed by atoms with E-state index in [2.05, 4.69) is 15.3 Å². The Balaban J connectivity index is 2.09. The van der Waals surface area contributed by atoms with Crippen molar-refractivity contribution in [2.45, 2.75) is 25.0 Å². The van der Waals surface area contributed by atoms with Gasteiger partial charge in [0.1, 0.15) is 6.20 Å². The lowest BCUT2D eigenvalue weighted by molar-refractivity contribution is -0.384. The molecule has 0 aromatic carbocycles. The van der Waals surface area contributed by atoms with E-state index in [4.69, 9.17) is 16.3 Å². The Hall–Kier alpha value is -1.47. The first-order valence-electron chi connectivity index (χ1n) is 5.06. The molecule has 1 fully saturated rings. The summed E-state index contributed by atoms with van der Waals surface area (Å²) in [5.41, 5.74) is -0.171. The van der Waals surface area contributed by atoms with Crippen LogP contribution in [0.4, 0.5) is 11.5 Å². The Morgan fingerprint density at radius 2 is 2.35 bits per heavy atom. The molecular weight excluding hydrogens is 248 g/mol. The SMILES string of the molecule is COC1CC(Nc2nc(Cl)ncc2[N+](=O)[O-])C1. The maximum atomic E-state index is 10.8. The molecule has 1 saturated carbocycles. The van der Waals surface area contributed by atoms with Gasteiger partial charge in [-0.3, -0.25) is 10.1 Å². The first-order valence-corrected chi connectivity index (χ1v) is 5.44. The van der Waals surface area contributed by atoms with Crippen LogP contribution in [0.5, 0.6) is 0 Å². The number of nitrogens with one attached hydrogen (secondary N) is 1. The minimum atomic E-state index is -0.537. The maximum absolute atomic E-state index is 10.8. The van der Waals surface area contributed by atoms with Gasteiger partial charge in [-0.05, 0) is 24.4 Å². The van der Waals surface area contributed by atoms with Crippen LogP contribution >= 0.6 is 11.6 Å². The largest absolute Gasteiger partial charge is 0.381 e. The van der Waals surface area contributed by atoms with E-state index in [0.29, 0.717) is 0 Å². The minimum Gasteiger partial charge on any atom is -0.381 e. The zero-order valence-electron chi connectivity index (χ0n) is 9.09. The van der Waals surface area contributed by atoms with E-state index in [9.17, 15) is 10.1 Å². The van der Waals surface area contributed by atoms with Crippen LogP contribution in [0.15, 0.2) is 6.20 Å². The average molecular weight is 259 g/mol. The first kappa shape index (κ1) is 12.0. The van der Waals surface area contributed by atoms with Gasteiger partial charge in [0.2, 0.25) is 11.1 Å². The number of rotatable bonds is 4. The van der Waals surface area contributed by atoms with Crippen molar-refractivity contribution in [3.05, 3.63) is 21.6 Å². The van der Waals surface area contributed by atoms with Crippen LogP contribution in [-0.2, 0) is 4.74 Å². The molecule has 1 aliphatic carbocycles. The van der Waals surface area contributed by atoms with Crippen LogP contribution < -0.4 is 5.32 Å². The molecule has 0 unspecified atom stereocenters. The number of ether oxygens (including phenoxy) is 1. The van der Waals surface area contributed by atoms with Crippen LogP contribution in [0.3, 0.4) is 0 Å². The van der Waals surface area contributed by atoms with Crippen LogP contribution in [0.1, 0.15) is 12.8 Å². The van der Waals surface area contributed by atoms with Gasteiger partial charge < -0.3 is 10.1 Å². The van der Waals surface area contributed by atoms with E-state index in [1.165, 1.54) is 0 Å². The van der Waals surface area contributed by atoms with E-state index in [0.717, 1.165) is 19.0 Å². The van der Waals surface area contributed by atoms with Gasteiger partial charge in [0.15, 0.2) is 0 Å². The normalized spacial score (nSPS) is 22.9. The van der Waals surface area contributed by atoms with Gasteiger partial charge in [-0.2, -0.15) is 4.98 Å². The zero-order valence-corrected chi connectivity index (χ0v) is 9.85. The Bertz CT molecular complexity index is 436. The Morgan fingerprint density at radius 3 is 2.94 bits per heavy atom. The Labute approximate surface area is 102 Å². The van der Waals surface area contributed by atoms with Crippen LogP contribution in [-0.4, -0.2) is 34.1 Å². The molecule has 8 heteroatoms. The standard InChI is InChI=1S/C9H11ClN4O3/c1-17-6-2-5(3-6)12-8-7(14(15)16)4-11-9(10)13-8/h4-6H,2-3H2,1H3,(H,11,12,13). The number of nitro groups is 1. The summed E-state index contributed by atoms with van der Waals surface area (Å²) in [6.07, 6.45) is 2.91. The second-order valence-corrected chi connectivity index (χ2v) is 4.14. The van der Waals surface area contributed by atoms with Crippen molar-refractivity contribution < 1.29 is 9.66 Å². The van der Waals surface area contributed by atoms with Crippen molar-refractivity contribution in [1.82, 2.24) is 9.97 Å². The third-order valence-corrected chi connectivity index (χ3v) is 2.89. The lowest BCUT2D eigenvalue weighted by Crippen LogP contribution is -2.40. The topological polar surface area (TPSA) is 90.2 Å². The van der Waals surface area contributed by atoms with Crippen LogP contribution in [0.25, 0.3) is 0 Å². The summed E-state index contributed by atoms with van der Waals surface area (Å²) in [5.74, 6) is 0.162. The Morgan fingerprint density at radius 1 is 1.65 bits per heavy atom. The van der Waals surface area contributed by atoms with Gasteiger partial charge in [-0.15, -0.1) is 0 Å². The molecule has 1 aromatic rings. The first-order chi connectivity index (χ1) is 8.10. The summed E-state index contributed by atoms with van der Waals surface area (Å²) >= 11 is 5.61. The highest BCUT2D eigenvalue weighted by Gasteiger charge is 2.31. The lowest BCUT2D eigenvalue weighted by atomic mass is 9.89. The molecular formula is C9H11ClN4O3. The lowest BCUT2D eigenvalue weighted by Gasteiger charge is -2.34. The summed E-state index contributed by atoms with van der Waals surface area (Å²) < 4.78 is 5.12. The predicted octanol–water partition coefficient (Wildman–Crippen LogP) is 1.63. The smallest absolute Gasteiger partial charge is 0.329 e. The molecule has 1 aromatic heterocycles. The maximum Gasteiger partial charge on any atom is 0.329 e. The number of halogens is 1. The molecule has 0 bridgehead atoms. The fourth-order valence-electron chi connectivity index (χ4n) is 1.66. The average Bonchev–Trinajstić information content (AvgIpc) is 2.22. The van der Waals surface area contributed by atoms with Crippen molar-refractivity contribution in [2.75, 3.05) is 12.4 Å². The molecule has 7 nitrogen and oxygen atoms in total. The molecule has 0 spiro atoms. The minimum absolute atomic E-state index is 0.0132. The molecule has 0 atom stereocenters. The van der Waals surface area contributed by atoms with E-state index in [1.54, 1.807) is 7.11 Å². The quantitative estimate of drug-likeness (QED) is 0.501. The number of aromatic nitrogens is 2. The van der Waals surface area contributed by atoms with Crippen molar-refractivity contribution in [2.24, 2.45) is 0 Å². The molecule has 0 amide bonds. The van der Waals surface area contributed by atoms with Crippen molar-refractivity contribution in [1.29, 1.82) is 0 Å². The van der Waals surface area contributed by atoms with Crippen molar-refractivity contribution >= 4 is 23.1 Å².